The zero-order chi connectivity index (χ0) is 14.7. The maximum atomic E-state index is 9.18. The summed E-state index contributed by atoms with van der Waals surface area (Å²) in [5.74, 6) is 0. The molecule has 0 aliphatic heterocycles. The van der Waals surface area contributed by atoms with Gasteiger partial charge in [0, 0.05) is 6.20 Å². The van der Waals surface area contributed by atoms with E-state index in [0.29, 0.717) is 17.7 Å². The number of nitrogens with zero attached hydrogens (tertiary/aromatic N) is 4. The lowest BCUT2D eigenvalue weighted by molar-refractivity contribution is 0.425. The first kappa shape index (κ1) is 13.5. The van der Waals surface area contributed by atoms with Gasteiger partial charge in [-0.25, -0.2) is 4.68 Å². The van der Waals surface area contributed by atoms with Gasteiger partial charge < -0.3 is 10.0 Å². The van der Waals surface area contributed by atoms with E-state index >= 15 is 0 Å². The van der Waals surface area contributed by atoms with E-state index in [1.807, 2.05) is 30.5 Å². The fourth-order valence-corrected chi connectivity index (χ4v) is 2.05. The van der Waals surface area contributed by atoms with Crippen LogP contribution in [0, 0.1) is 0 Å². The molecule has 0 aliphatic carbocycles. The summed E-state index contributed by atoms with van der Waals surface area (Å²) < 4.78 is 1.69. The molecule has 0 spiro atoms. The van der Waals surface area contributed by atoms with Gasteiger partial charge in [-0.2, -0.15) is 0 Å². The fraction of sp³-hybridized carbons (Fsp3) is 0.0714. The smallest absolute Gasteiger partial charge is 0.423 e. The molecule has 0 atom stereocenters. The Kier molecular flexibility index (Phi) is 3.76. The molecule has 6 nitrogen and oxygen atoms in total. The molecule has 7 heteroatoms. The van der Waals surface area contributed by atoms with Gasteiger partial charge in [-0.15, -0.1) is 5.10 Å². The summed E-state index contributed by atoms with van der Waals surface area (Å²) in [4.78, 5) is 4.22. The van der Waals surface area contributed by atoms with Crippen molar-refractivity contribution in [2.75, 3.05) is 0 Å². The molecule has 0 saturated heterocycles. The van der Waals surface area contributed by atoms with Crippen LogP contribution in [0.1, 0.15) is 5.56 Å². The van der Waals surface area contributed by atoms with Crippen LogP contribution in [-0.4, -0.2) is 37.1 Å². The molecule has 0 saturated carbocycles. The van der Waals surface area contributed by atoms with Crippen LogP contribution in [0.15, 0.2) is 54.9 Å². The van der Waals surface area contributed by atoms with E-state index in [0.717, 1.165) is 11.3 Å². The normalized spacial score (nSPS) is 10.6. The number of benzene rings is 1. The Labute approximate surface area is 121 Å². The van der Waals surface area contributed by atoms with E-state index < -0.39 is 7.12 Å². The van der Waals surface area contributed by atoms with Gasteiger partial charge in [0.25, 0.3) is 0 Å². The second-order valence-electron chi connectivity index (χ2n) is 4.64. The Morgan fingerprint density at radius 1 is 1.05 bits per heavy atom. The minimum absolute atomic E-state index is 0.456. The van der Waals surface area contributed by atoms with Gasteiger partial charge in [-0.05, 0) is 23.2 Å². The Bertz CT molecular complexity index is 731. The van der Waals surface area contributed by atoms with Crippen LogP contribution in [0.5, 0.6) is 0 Å². The molecule has 0 unspecified atom stereocenters. The Balaban J connectivity index is 1.80. The van der Waals surface area contributed by atoms with Gasteiger partial charge in [0.15, 0.2) is 0 Å². The minimum atomic E-state index is -1.47. The summed E-state index contributed by atoms with van der Waals surface area (Å²) in [5, 5.41) is 26.5. The Morgan fingerprint density at radius 2 is 1.95 bits per heavy atom. The van der Waals surface area contributed by atoms with Crippen molar-refractivity contribution in [2.45, 2.75) is 6.54 Å². The van der Waals surface area contributed by atoms with Crippen molar-refractivity contribution >= 4 is 12.6 Å². The molecule has 3 rings (SSSR count). The number of rotatable bonds is 4. The van der Waals surface area contributed by atoms with Crippen LogP contribution in [-0.2, 0) is 6.54 Å². The Morgan fingerprint density at radius 3 is 2.71 bits per heavy atom. The highest BCUT2D eigenvalue weighted by atomic mass is 16.4. The van der Waals surface area contributed by atoms with Gasteiger partial charge in [0.2, 0.25) is 0 Å². The topological polar surface area (TPSA) is 84.1 Å². The molecule has 0 fully saturated rings. The maximum absolute atomic E-state index is 9.18. The van der Waals surface area contributed by atoms with E-state index in [9.17, 15) is 10.0 Å². The van der Waals surface area contributed by atoms with Crippen LogP contribution in [0.4, 0.5) is 0 Å². The third-order valence-corrected chi connectivity index (χ3v) is 3.06. The van der Waals surface area contributed by atoms with Crippen molar-refractivity contribution in [3.63, 3.8) is 0 Å². The first-order valence-electron chi connectivity index (χ1n) is 6.49. The highest BCUT2D eigenvalue weighted by Crippen LogP contribution is 2.12. The highest BCUT2D eigenvalue weighted by molar-refractivity contribution is 6.58. The molecular weight excluding hydrogens is 267 g/mol. The molecule has 2 N–H and O–H groups in total. The summed E-state index contributed by atoms with van der Waals surface area (Å²) in [6, 6.07) is 12.7. The average molecular weight is 280 g/mol. The van der Waals surface area contributed by atoms with Gasteiger partial charge in [0.1, 0.15) is 5.69 Å². The monoisotopic (exact) mass is 280 g/mol. The molecule has 1 aromatic carbocycles. The zero-order valence-corrected chi connectivity index (χ0v) is 11.2. The van der Waals surface area contributed by atoms with Crippen molar-refractivity contribution in [1.82, 2.24) is 20.0 Å². The second kappa shape index (κ2) is 5.86. The van der Waals surface area contributed by atoms with Crippen LogP contribution < -0.4 is 5.46 Å². The number of pyridine rings is 1. The predicted molar refractivity (Wildman–Crippen MR) is 78.6 cm³/mol. The van der Waals surface area contributed by atoms with Crippen molar-refractivity contribution in [3.8, 4) is 11.4 Å². The third-order valence-electron chi connectivity index (χ3n) is 3.06. The first-order chi connectivity index (χ1) is 10.2. The van der Waals surface area contributed by atoms with E-state index in [-0.39, 0.29) is 0 Å². The van der Waals surface area contributed by atoms with E-state index in [2.05, 4.69) is 15.3 Å². The zero-order valence-electron chi connectivity index (χ0n) is 11.2. The van der Waals surface area contributed by atoms with E-state index in [4.69, 9.17) is 0 Å². The van der Waals surface area contributed by atoms with E-state index in [1.54, 1.807) is 29.1 Å². The van der Waals surface area contributed by atoms with Gasteiger partial charge in [0.05, 0.1) is 18.4 Å². The van der Waals surface area contributed by atoms with E-state index in [1.165, 1.54) is 0 Å². The molecule has 0 aliphatic rings. The molecule has 0 amide bonds. The lowest BCUT2D eigenvalue weighted by Gasteiger charge is -2.04. The minimum Gasteiger partial charge on any atom is -0.423 e. The van der Waals surface area contributed by atoms with Crippen molar-refractivity contribution in [1.29, 1.82) is 0 Å². The molecule has 104 valence electrons. The second-order valence-corrected chi connectivity index (χ2v) is 4.64. The average Bonchev–Trinajstić information content (AvgIpc) is 2.97. The van der Waals surface area contributed by atoms with Gasteiger partial charge >= 0.3 is 7.12 Å². The summed E-state index contributed by atoms with van der Waals surface area (Å²) in [6.45, 7) is 0.500. The lowest BCUT2D eigenvalue weighted by Crippen LogP contribution is -2.30. The Hall–Kier alpha value is -2.51. The number of hydrogen-bond acceptors (Lipinski definition) is 5. The van der Waals surface area contributed by atoms with Crippen LogP contribution in [0.2, 0.25) is 0 Å². The maximum Gasteiger partial charge on any atom is 0.488 e. The molecular formula is C14H13BN4O2. The largest absolute Gasteiger partial charge is 0.488 e. The molecule has 21 heavy (non-hydrogen) atoms. The summed E-state index contributed by atoms with van der Waals surface area (Å²) >= 11 is 0. The summed E-state index contributed by atoms with van der Waals surface area (Å²) in [7, 11) is -1.47. The first-order valence-corrected chi connectivity index (χ1v) is 6.49. The predicted octanol–water partition coefficient (Wildman–Crippen LogP) is 0.0682. The molecule has 2 aromatic heterocycles. The molecule has 0 radical (unpaired) electrons. The van der Waals surface area contributed by atoms with Crippen molar-refractivity contribution < 1.29 is 10.0 Å². The van der Waals surface area contributed by atoms with Crippen LogP contribution in [0.25, 0.3) is 11.4 Å². The molecule has 0 bridgehead atoms. The molecule has 3 aromatic rings. The third kappa shape index (κ3) is 3.15. The number of aromatic nitrogens is 4. The highest BCUT2D eigenvalue weighted by Gasteiger charge is 2.11. The van der Waals surface area contributed by atoms with Crippen LogP contribution in [0.3, 0.4) is 0 Å². The standard InChI is InChI=1S/C14H13BN4O2/c20-15(21)12-5-3-4-11(8-12)9-19-10-14(17-18-19)13-6-1-2-7-16-13/h1-8,10,20-21H,9H2. The van der Waals surface area contributed by atoms with Gasteiger partial charge in [-0.1, -0.05) is 35.5 Å². The fourth-order valence-electron chi connectivity index (χ4n) is 2.05. The summed E-state index contributed by atoms with van der Waals surface area (Å²) in [6.07, 6.45) is 3.52. The quantitative estimate of drug-likeness (QED) is 0.661. The summed E-state index contributed by atoms with van der Waals surface area (Å²) in [5.41, 5.74) is 2.84. The van der Waals surface area contributed by atoms with Crippen molar-refractivity contribution in [3.05, 3.63) is 60.4 Å². The molecule has 2 heterocycles. The number of hydrogen-bond donors (Lipinski definition) is 2. The van der Waals surface area contributed by atoms with Crippen LogP contribution >= 0.6 is 0 Å². The SMILES string of the molecule is OB(O)c1cccc(Cn2cc(-c3ccccn3)nn2)c1. The van der Waals surface area contributed by atoms with Gasteiger partial charge in [-0.3, -0.25) is 4.98 Å². The lowest BCUT2D eigenvalue weighted by atomic mass is 9.80. The van der Waals surface area contributed by atoms with Crippen molar-refractivity contribution in [2.24, 2.45) is 0 Å².